The Balaban J connectivity index is 1.73. The molecule has 1 aliphatic rings. The van der Waals surface area contributed by atoms with Crippen LogP contribution in [0.5, 0.6) is 17.2 Å². The minimum absolute atomic E-state index is 0.102. The molecule has 1 fully saturated rings. The molecule has 1 aliphatic carbocycles. The molecule has 0 aliphatic heterocycles. The van der Waals surface area contributed by atoms with Crippen LogP contribution in [0.1, 0.15) is 30.9 Å². The summed E-state index contributed by atoms with van der Waals surface area (Å²) in [6, 6.07) is 11.6. The van der Waals surface area contributed by atoms with Gasteiger partial charge in [0.05, 0.1) is 25.4 Å². The summed E-state index contributed by atoms with van der Waals surface area (Å²) in [5.41, 5.74) is 15.0. The average molecular weight is 481 g/mol. The second-order valence-corrected chi connectivity index (χ2v) is 8.74. The number of aromatic nitrogens is 2. The third-order valence-electron chi connectivity index (χ3n) is 6.05. The van der Waals surface area contributed by atoms with Crippen molar-refractivity contribution in [2.45, 2.75) is 26.2 Å². The highest BCUT2D eigenvalue weighted by molar-refractivity contribution is 5.78. The summed E-state index contributed by atoms with van der Waals surface area (Å²) in [4.78, 5) is 8.14. The van der Waals surface area contributed by atoms with E-state index in [1.807, 2.05) is 43.3 Å². The molecule has 35 heavy (non-hydrogen) atoms. The predicted octanol–water partition coefficient (Wildman–Crippen LogP) is 3.43. The smallest absolute Gasteiger partial charge is 0.221 e. The molecule has 2 aromatic carbocycles. The lowest BCUT2D eigenvalue weighted by Crippen LogP contribution is -2.17. The van der Waals surface area contributed by atoms with E-state index in [1.165, 1.54) is 0 Å². The fourth-order valence-corrected chi connectivity index (χ4v) is 3.80. The van der Waals surface area contributed by atoms with E-state index in [-0.39, 0.29) is 24.8 Å². The Labute approximate surface area is 205 Å². The highest BCUT2D eigenvalue weighted by atomic mass is 16.7. The van der Waals surface area contributed by atoms with Gasteiger partial charge in [-0.05, 0) is 55.2 Å². The molecule has 0 amide bonds. The number of nitrogens with zero attached hydrogens (tertiary/aromatic N) is 2. The van der Waals surface area contributed by atoms with Crippen molar-refractivity contribution < 1.29 is 24.1 Å². The topological polar surface area (TPSA) is 135 Å². The molecule has 1 heterocycles. The molecule has 0 saturated heterocycles. The Kier molecular flexibility index (Phi) is 7.57. The van der Waals surface area contributed by atoms with Gasteiger partial charge in [0.25, 0.3) is 0 Å². The van der Waals surface area contributed by atoms with Crippen molar-refractivity contribution >= 4 is 11.8 Å². The predicted molar refractivity (Wildman–Crippen MR) is 133 cm³/mol. The number of hydrogen-bond acceptors (Lipinski definition) is 9. The number of hydrogen-bond donors (Lipinski definition) is 3. The van der Waals surface area contributed by atoms with E-state index < -0.39 is 0 Å². The van der Waals surface area contributed by atoms with Gasteiger partial charge < -0.3 is 35.5 Å². The second-order valence-electron chi connectivity index (χ2n) is 8.74. The fourth-order valence-electron chi connectivity index (χ4n) is 3.80. The van der Waals surface area contributed by atoms with E-state index in [4.69, 9.17) is 30.4 Å². The van der Waals surface area contributed by atoms with Crippen molar-refractivity contribution in [2.24, 2.45) is 5.41 Å². The Hall–Kier alpha value is -3.56. The van der Waals surface area contributed by atoms with Gasteiger partial charge in [0.15, 0.2) is 6.79 Å². The molecule has 5 N–H and O–H groups in total. The molecule has 1 saturated carbocycles. The van der Waals surface area contributed by atoms with Crippen LogP contribution in [-0.2, 0) is 11.2 Å². The van der Waals surface area contributed by atoms with Gasteiger partial charge in [-0.15, -0.1) is 0 Å². The average Bonchev–Trinajstić information content (AvgIpc) is 3.64. The Bertz CT molecular complexity index is 1150. The number of methoxy groups -OCH3 is 1. The molecule has 9 heteroatoms. The van der Waals surface area contributed by atoms with Crippen LogP contribution in [0.25, 0.3) is 11.1 Å². The Morgan fingerprint density at radius 3 is 2.34 bits per heavy atom. The lowest BCUT2D eigenvalue weighted by atomic mass is 9.98. The van der Waals surface area contributed by atoms with E-state index >= 15 is 0 Å². The quantitative estimate of drug-likeness (QED) is 0.333. The monoisotopic (exact) mass is 480 g/mol. The Morgan fingerprint density at radius 1 is 1.03 bits per heavy atom. The summed E-state index contributed by atoms with van der Waals surface area (Å²) in [6.45, 7) is 3.13. The molecule has 4 rings (SSSR count). The van der Waals surface area contributed by atoms with Crippen LogP contribution in [0.2, 0.25) is 0 Å². The Morgan fingerprint density at radius 2 is 1.74 bits per heavy atom. The van der Waals surface area contributed by atoms with E-state index in [0.29, 0.717) is 42.7 Å². The van der Waals surface area contributed by atoms with Crippen LogP contribution < -0.4 is 25.7 Å². The number of anilines is 2. The van der Waals surface area contributed by atoms with Gasteiger partial charge in [-0.2, -0.15) is 4.98 Å². The van der Waals surface area contributed by atoms with Crippen molar-refractivity contribution in [3.8, 4) is 28.4 Å². The maximum Gasteiger partial charge on any atom is 0.221 e. The van der Waals surface area contributed by atoms with Crippen LogP contribution in [-0.4, -0.2) is 48.8 Å². The maximum atomic E-state index is 9.80. The minimum Gasteiger partial charge on any atom is -0.493 e. The zero-order chi connectivity index (χ0) is 24.8. The number of ether oxygens (including phenoxy) is 4. The molecule has 0 radical (unpaired) electrons. The van der Waals surface area contributed by atoms with Crippen LogP contribution in [0.4, 0.5) is 11.8 Å². The van der Waals surface area contributed by atoms with Crippen LogP contribution >= 0.6 is 0 Å². The fraction of sp³-hybridized carbons (Fsp3) is 0.385. The summed E-state index contributed by atoms with van der Waals surface area (Å²) in [5, 5.41) is 9.80. The first-order valence-corrected chi connectivity index (χ1v) is 11.6. The third-order valence-corrected chi connectivity index (χ3v) is 6.05. The standard InChI is InChI=1S/C26H32N4O5/c1-3-33-21-11-17(10-19-13-29-25(28)30-24(19)27)12-22(34-15-26(14-31)8-9-26)23(21)18-4-6-20(7-5-18)35-16-32-2/h4-7,11-13,31H,3,8-10,14-16H2,1-2H3,(H4,27,28,29,30). The van der Waals surface area contributed by atoms with Gasteiger partial charge >= 0.3 is 0 Å². The summed E-state index contributed by atoms with van der Waals surface area (Å²) in [7, 11) is 1.58. The summed E-state index contributed by atoms with van der Waals surface area (Å²) < 4.78 is 22.9. The van der Waals surface area contributed by atoms with E-state index in [0.717, 1.165) is 35.1 Å². The van der Waals surface area contributed by atoms with Crippen LogP contribution in [0, 0.1) is 5.41 Å². The zero-order valence-electron chi connectivity index (χ0n) is 20.1. The number of rotatable bonds is 12. The zero-order valence-corrected chi connectivity index (χ0v) is 20.1. The molecule has 186 valence electrons. The van der Waals surface area contributed by atoms with Gasteiger partial charge in [-0.25, -0.2) is 4.98 Å². The number of benzene rings is 2. The highest BCUT2D eigenvalue weighted by Gasteiger charge is 2.43. The van der Waals surface area contributed by atoms with Crippen molar-refractivity contribution in [1.82, 2.24) is 9.97 Å². The number of aliphatic hydroxyl groups is 1. The first-order chi connectivity index (χ1) is 17.0. The molecule has 0 atom stereocenters. The lowest BCUT2D eigenvalue weighted by molar-refractivity contribution is 0.0511. The first-order valence-electron chi connectivity index (χ1n) is 11.6. The van der Waals surface area contributed by atoms with Gasteiger partial charge in [0, 0.05) is 30.7 Å². The summed E-state index contributed by atoms with van der Waals surface area (Å²) in [6.07, 6.45) is 4.01. The lowest BCUT2D eigenvalue weighted by Gasteiger charge is -2.21. The molecule has 0 unspecified atom stereocenters. The van der Waals surface area contributed by atoms with E-state index in [2.05, 4.69) is 9.97 Å². The molecule has 9 nitrogen and oxygen atoms in total. The number of nitrogens with two attached hydrogens (primary N) is 2. The molecular weight excluding hydrogens is 448 g/mol. The van der Waals surface area contributed by atoms with Gasteiger partial charge in [0.1, 0.15) is 23.1 Å². The number of nitrogen functional groups attached to an aromatic ring is 2. The molecule has 0 spiro atoms. The molecule has 1 aromatic heterocycles. The van der Waals surface area contributed by atoms with Crippen LogP contribution in [0.3, 0.4) is 0 Å². The van der Waals surface area contributed by atoms with Crippen molar-refractivity contribution in [1.29, 1.82) is 0 Å². The largest absolute Gasteiger partial charge is 0.493 e. The highest BCUT2D eigenvalue weighted by Crippen LogP contribution is 2.47. The first kappa shape index (κ1) is 24.6. The second kappa shape index (κ2) is 10.8. The third kappa shape index (κ3) is 5.93. The minimum atomic E-state index is -0.174. The molecular formula is C26H32N4O5. The van der Waals surface area contributed by atoms with Gasteiger partial charge in [0.2, 0.25) is 5.95 Å². The van der Waals surface area contributed by atoms with Crippen molar-refractivity contribution in [2.75, 3.05) is 45.2 Å². The number of aliphatic hydroxyl groups excluding tert-OH is 1. The van der Waals surface area contributed by atoms with E-state index in [1.54, 1.807) is 13.3 Å². The molecule has 3 aromatic rings. The van der Waals surface area contributed by atoms with Crippen molar-refractivity contribution in [3.05, 3.63) is 53.7 Å². The van der Waals surface area contributed by atoms with Crippen molar-refractivity contribution in [3.63, 3.8) is 0 Å². The normalized spacial score (nSPS) is 13.9. The maximum absolute atomic E-state index is 9.80. The van der Waals surface area contributed by atoms with Gasteiger partial charge in [-0.1, -0.05) is 12.1 Å². The summed E-state index contributed by atoms with van der Waals surface area (Å²) in [5.74, 6) is 2.53. The van der Waals surface area contributed by atoms with Gasteiger partial charge in [-0.3, -0.25) is 0 Å². The van der Waals surface area contributed by atoms with E-state index in [9.17, 15) is 5.11 Å². The summed E-state index contributed by atoms with van der Waals surface area (Å²) >= 11 is 0. The SMILES string of the molecule is CCOc1cc(Cc2cnc(N)nc2N)cc(OCC2(CO)CC2)c1-c1ccc(OCOC)cc1. The molecule has 0 bridgehead atoms. The van der Waals surface area contributed by atoms with Crippen LogP contribution in [0.15, 0.2) is 42.6 Å².